The topological polar surface area (TPSA) is 69.7 Å². The summed E-state index contributed by atoms with van der Waals surface area (Å²) in [5.74, 6) is 0.369. The monoisotopic (exact) mass is 492 g/mol. The van der Waals surface area contributed by atoms with Crippen LogP contribution < -0.4 is 14.8 Å². The maximum absolute atomic E-state index is 15.0. The summed E-state index contributed by atoms with van der Waals surface area (Å²) in [6, 6.07) is 15.4. The van der Waals surface area contributed by atoms with E-state index in [1.165, 1.54) is 14.2 Å². The lowest BCUT2D eigenvalue weighted by atomic mass is 9.84. The van der Waals surface area contributed by atoms with Gasteiger partial charge >= 0.3 is 0 Å². The van der Waals surface area contributed by atoms with E-state index in [0.29, 0.717) is 11.1 Å². The molecule has 35 heavy (non-hydrogen) atoms. The molecule has 1 atom stereocenters. The molecule has 0 amide bonds. The highest BCUT2D eigenvalue weighted by Crippen LogP contribution is 2.56. The second-order valence-corrected chi connectivity index (χ2v) is 12.3. The molecule has 0 bridgehead atoms. The van der Waals surface area contributed by atoms with Gasteiger partial charge in [0.1, 0.15) is 16.8 Å². The van der Waals surface area contributed by atoms with Gasteiger partial charge in [0.15, 0.2) is 0 Å². The Morgan fingerprint density at radius 2 is 1.26 bits per heavy atom. The van der Waals surface area contributed by atoms with Crippen LogP contribution >= 0.6 is 7.14 Å². The van der Waals surface area contributed by atoms with E-state index >= 15 is 4.57 Å². The predicted octanol–water partition coefficient (Wildman–Crippen LogP) is 6.60. The maximum atomic E-state index is 15.0. The first-order valence-electron chi connectivity index (χ1n) is 11.5. The summed E-state index contributed by atoms with van der Waals surface area (Å²) in [4.78, 5) is 28.3. The van der Waals surface area contributed by atoms with Crippen LogP contribution in [-0.2, 0) is 9.98 Å². The summed E-state index contributed by atoms with van der Waals surface area (Å²) < 4.78 is 26.1. The summed E-state index contributed by atoms with van der Waals surface area (Å²) in [6.45, 7) is 11.7. The first kappa shape index (κ1) is 26.4. The molecule has 0 fully saturated rings. The number of methoxy groups -OCH3 is 2. The van der Waals surface area contributed by atoms with Crippen LogP contribution in [0.5, 0.6) is 11.5 Å². The van der Waals surface area contributed by atoms with Crippen molar-refractivity contribution in [2.45, 2.75) is 47.0 Å². The van der Waals surface area contributed by atoms with Crippen LogP contribution in [0.2, 0.25) is 0 Å². The summed E-state index contributed by atoms with van der Waals surface area (Å²) in [5.41, 5.74) is 2.06. The Labute approximate surface area is 207 Å². The third-order valence-corrected chi connectivity index (χ3v) is 8.84. The number of carbonyl (C=O) groups is 2. The fourth-order valence-corrected chi connectivity index (χ4v) is 6.99. The Morgan fingerprint density at radius 3 is 1.69 bits per heavy atom. The zero-order valence-corrected chi connectivity index (χ0v) is 22.6. The lowest BCUT2D eigenvalue weighted by Crippen LogP contribution is -2.25. The quantitative estimate of drug-likeness (QED) is 0.348. The molecule has 3 aromatic rings. The fraction of sp³-hybridized carbons (Fsp3) is 0.310. The van der Waals surface area contributed by atoms with Crippen LogP contribution in [0.15, 0.2) is 54.6 Å². The summed E-state index contributed by atoms with van der Waals surface area (Å²) in [5, 5.41) is -0.00866. The number of carbonyl (C=O) groups excluding carboxylic acids is 2. The van der Waals surface area contributed by atoms with E-state index in [4.69, 9.17) is 9.47 Å². The molecule has 0 aliphatic rings. The Bertz CT molecular complexity index is 1280. The Morgan fingerprint density at radius 1 is 0.771 bits per heavy atom. The zero-order chi connectivity index (χ0) is 26.1. The minimum atomic E-state index is -4.46. The first-order valence-corrected chi connectivity index (χ1v) is 13.2. The van der Waals surface area contributed by atoms with Crippen molar-refractivity contribution >= 4 is 23.5 Å². The van der Waals surface area contributed by atoms with Gasteiger partial charge in [0, 0.05) is 11.1 Å². The molecule has 6 heteroatoms. The molecule has 0 heterocycles. The number of aryl methyl sites for hydroxylation is 3. The molecule has 0 saturated carbocycles. The third-order valence-electron chi connectivity index (χ3n) is 6.14. The van der Waals surface area contributed by atoms with E-state index in [2.05, 4.69) is 20.8 Å². The molecule has 5 nitrogen and oxygen atoms in total. The smallest absolute Gasteiger partial charge is 0.255 e. The van der Waals surface area contributed by atoms with Crippen molar-refractivity contribution in [3.05, 3.63) is 88.0 Å². The molecule has 3 rings (SSSR count). The molecule has 0 saturated heterocycles. The Kier molecular flexibility index (Phi) is 7.42. The van der Waals surface area contributed by atoms with Gasteiger partial charge in [0.2, 0.25) is 11.0 Å². The third kappa shape index (κ3) is 4.83. The molecule has 1 unspecified atom stereocenters. The highest BCUT2D eigenvalue weighted by Gasteiger charge is 2.48. The van der Waals surface area contributed by atoms with Crippen molar-refractivity contribution in [1.29, 1.82) is 0 Å². The molecule has 0 aromatic heterocycles. The van der Waals surface area contributed by atoms with Crippen molar-refractivity contribution in [3.8, 4) is 11.5 Å². The molecule has 0 radical (unpaired) electrons. The van der Waals surface area contributed by atoms with E-state index in [1.54, 1.807) is 42.5 Å². The van der Waals surface area contributed by atoms with Crippen molar-refractivity contribution in [2.75, 3.05) is 14.2 Å². The van der Waals surface area contributed by atoms with E-state index in [9.17, 15) is 9.59 Å². The summed E-state index contributed by atoms with van der Waals surface area (Å²) >= 11 is 0. The normalized spacial score (nSPS) is 13.1. The van der Waals surface area contributed by atoms with Gasteiger partial charge < -0.3 is 14.0 Å². The van der Waals surface area contributed by atoms with Gasteiger partial charge in [-0.25, -0.2) is 0 Å². The molecule has 184 valence electrons. The fourth-order valence-electron chi connectivity index (χ4n) is 4.28. The zero-order valence-electron chi connectivity index (χ0n) is 21.7. The average molecular weight is 493 g/mol. The first-order chi connectivity index (χ1) is 16.4. The molecular weight excluding hydrogens is 459 g/mol. The van der Waals surface area contributed by atoms with E-state index in [1.807, 2.05) is 32.9 Å². The maximum Gasteiger partial charge on any atom is 0.255 e. The van der Waals surface area contributed by atoms with Gasteiger partial charge in [0.25, 0.3) is 7.14 Å². The Hall–Kier alpha value is -3.17. The molecule has 0 aliphatic heterocycles. The van der Waals surface area contributed by atoms with Crippen LogP contribution in [-0.4, -0.2) is 25.3 Å². The number of rotatable bonds is 7. The van der Waals surface area contributed by atoms with Crippen molar-refractivity contribution in [2.24, 2.45) is 0 Å². The minimum Gasteiger partial charge on any atom is -0.496 e. The van der Waals surface area contributed by atoms with E-state index in [0.717, 1.165) is 11.1 Å². The van der Waals surface area contributed by atoms with Gasteiger partial charge in [0.05, 0.1) is 14.2 Å². The van der Waals surface area contributed by atoms with Crippen molar-refractivity contribution in [3.63, 3.8) is 0 Å². The molecular formula is C29H33O5P. The highest BCUT2D eigenvalue weighted by atomic mass is 31.2. The van der Waals surface area contributed by atoms with Crippen LogP contribution in [0.3, 0.4) is 0 Å². The number of ether oxygens (including phenoxy) is 2. The second kappa shape index (κ2) is 9.83. The van der Waals surface area contributed by atoms with Crippen molar-refractivity contribution in [1.82, 2.24) is 0 Å². The highest BCUT2D eigenvalue weighted by molar-refractivity contribution is 8.01. The molecule has 0 spiro atoms. The van der Waals surface area contributed by atoms with Crippen LogP contribution in [0.1, 0.15) is 63.7 Å². The van der Waals surface area contributed by atoms with Gasteiger partial charge in [-0.05, 0) is 60.6 Å². The number of benzene rings is 3. The number of hydrogen-bond donors (Lipinski definition) is 0. The lowest BCUT2D eigenvalue weighted by molar-refractivity contribution is 0.104. The lowest BCUT2D eigenvalue weighted by Gasteiger charge is -2.25. The molecule has 0 aliphatic carbocycles. The number of hydrogen-bond acceptors (Lipinski definition) is 5. The largest absolute Gasteiger partial charge is 0.496 e. The van der Waals surface area contributed by atoms with Crippen LogP contribution in [0.4, 0.5) is 0 Å². The average Bonchev–Trinajstić information content (AvgIpc) is 2.81. The SMILES string of the molecule is COc1cc(C)cc(OC)c1P(=O)(C(=O)c1ccccc1)C(=O)c1c(C)cc(C(C)(C)C)cc1C. The standard InChI is InChI=1S/C29H33O5P/c1-18-14-23(33-7)26(24(15-18)34-8)35(32,27(30)21-12-10-9-11-13-21)28(31)25-19(2)16-22(17-20(25)3)29(4,5)6/h9-17H,1-8H3. The van der Waals surface area contributed by atoms with Crippen LogP contribution in [0.25, 0.3) is 0 Å². The van der Waals surface area contributed by atoms with Gasteiger partial charge in [-0.2, -0.15) is 0 Å². The van der Waals surface area contributed by atoms with Gasteiger partial charge in [-0.3, -0.25) is 9.59 Å². The van der Waals surface area contributed by atoms with Crippen molar-refractivity contribution < 1.29 is 23.6 Å². The minimum absolute atomic E-state index is 0.00866. The predicted molar refractivity (Wildman–Crippen MR) is 141 cm³/mol. The van der Waals surface area contributed by atoms with Crippen LogP contribution in [0, 0.1) is 20.8 Å². The molecule has 0 N–H and O–H groups in total. The van der Waals surface area contributed by atoms with E-state index < -0.39 is 18.2 Å². The second-order valence-electron chi connectivity index (χ2n) is 9.84. The van der Waals surface area contributed by atoms with E-state index in [-0.39, 0.29) is 33.3 Å². The molecule has 3 aromatic carbocycles. The van der Waals surface area contributed by atoms with Gasteiger partial charge in [-0.15, -0.1) is 0 Å². The van der Waals surface area contributed by atoms with Gasteiger partial charge in [-0.1, -0.05) is 63.2 Å². The summed E-state index contributed by atoms with van der Waals surface area (Å²) in [6.07, 6.45) is 0. The summed E-state index contributed by atoms with van der Waals surface area (Å²) in [7, 11) is -1.61. The Balaban J connectivity index is 2.39.